The maximum Gasteiger partial charge on any atom is 0.345 e. The molecule has 7 heteroatoms. The number of anilines is 1. The van der Waals surface area contributed by atoms with Crippen molar-refractivity contribution in [1.82, 2.24) is 5.43 Å². The zero-order chi connectivity index (χ0) is 15.4. The summed E-state index contributed by atoms with van der Waals surface area (Å²) in [6, 6.07) is 6.75. The molecule has 0 bridgehead atoms. The minimum absolute atomic E-state index is 0.0128. The van der Waals surface area contributed by atoms with E-state index in [9.17, 15) is 9.59 Å². The fraction of sp³-hybridized carbons (Fsp3) is 0.0714. The maximum atomic E-state index is 11.9. The highest BCUT2D eigenvalue weighted by atomic mass is 35.5. The third-order valence-electron chi connectivity index (χ3n) is 2.68. The molecular formula is C14H12ClN3O3. The molecule has 1 aliphatic heterocycles. The predicted molar refractivity (Wildman–Crippen MR) is 78.6 cm³/mol. The Morgan fingerprint density at radius 3 is 2.95 bits per heavy atom. The number of nitrogens with two attached hydrogens (primary N) is 1. The van der Waals surface area contributed by atoms with Crippen molar-refractivity contribution < 1.29 is 14.3 Å². The zero-order valence-electron chi connectivity index (χ0n) is 10.9. The van der Waals surface area contributed by atoms with E-state index in [-0.39, 0.29) is 23.7 Å². The molecule has 0 radical (unpaired) electrons. The maximum absolute atomic E-state index is 11.9. The Morgan fingerprint density at radius 2 is 2.33 bits per heavy atom. The van der Waals surface area contributed by atoms with E-state index in [4.69, 9.17) is 22.1 Å². The van der Waals surface area contributed by atoms with Crippen molar-refractivity contribution in [2.75, 3.05) is 11.6 Å². The second-order valence-corrected chi connectivity index (χ2v) is 4.49. The van der Waals surface area contributed by atoms with Crippen LogP contribution in [0.2, 0.25) is 5.02 Å². The van der Waals surface area contributed by atoms with Crippen LogP contribution in [-0.4, -0.2) is 18.5 Å². The summed E-state index contributed by atoms with van der Waals surface area (Å²) in [5, 5.41) is 1.85. The first-order valence-electron chi connectivity index (χ1n) is 5.94. The second kappa shape index (κ2) is 6.17. The number of hydrogen-bond acceptors (Lipinski definition) is 6. The normalized spacial score (nSPS) is 13.8. The molecule has 0 spiro atoms. The molecule has 0 amide bonds. The summed E-state index contributed by atoms with van der Waals surface area (Å²) in [6.45, 7) is 3.45. The lowest BCUT2D eigenvalue weighted by Gasteiger charge is -2.19. The van der Waals surface area contributed by atoms with E-state index >= 15 is 0 Å². The van der Waals surface area contributed by atoms with Crippen molar-refractivity contribution in [2.45, 2.75) is 0 Å². The smallest absolute Gasteiger partial charge is 0.345 e. The van der Waals surface area contributed by atoms with Crippen LogP contribution in [0.3, 0.4) is 0 Å². The molecule has 0 unspecified atom stereocenters. The van der Waals surface area contributed by atoms with Crippen LogP contribution in [0.5, 0.6) is 0 Å². The van der Waals surface area contributed by atoms with Gasteiger partial charge in [-0.3, -0.25) is 5.43 Å². The molecule has 108 valence electrons. The minimum Gasteiger partial charge on any atom is -0.458 e. The first-order chi connectivity index (χ1) is 10.1. The minimum atomic E-state index is -0.734. The Bertz CT molecular complexity index is 678. The number of nitrogens with zero attached hydrogens (tertiary/aromatic N) is 1. The average Bonchev–Trinajstić information content (AvgIpc) is 2.81. The summed E-state index contributed by atoms with van der Waals surface area (Å²) in [7, 11) is 0. The van der Waals surface area contributed by atoms with Crippen molar-refractivity contribution in [3.8, 4) is 0 Å². The lowest BCUT2D eigenvalue weighted by molar-refractivity contribution is -0.137. The fourth-order valence-electron chi connectivity index (χ4n) is 1.77. The number of hydrogen-bond donors (Lipinski definition) is 2. The van der Waals surface area contributed by atoms with E-state index in [1.165, 1.54) is 11.1 Å². The fourth-order valence-corrected chi connectivity index (χ4v) is 1.96. The molecule has 0 aromatic heterocycles. The Balaban J connectivity index is 2.39. The van der Waals surface area contributed by atoms with Crippen molar-refractivity contribution in [2.24, 2.45) is 5.73 Å². The third-order valence-corrected chi connectivity index (χ3v) is 2.91. The average molecular weight is 306 g/mol. The molecule has 1 aromatic rings. The number of esters is 1. The van der Waals surface area contributed by atoms with Gasteiger partial charge in [-0.05, 0) is 18.2 Å². The van der Waals surface area contributed by atoms with Crippen molar-refractivity contribution in [3.63, 3.8) is 0 Å². The van der Waals surface area contributed by atoms with Gasteiger partial charge >= 0.3 is 5.97 Å². The molecule has 2 rings (SSSR count). The third kappa shape index (κ3) is 2.91. The van der Waals surface area contributed by atoms with Gasteiger partial charge in [0.05, 0.1) is 5.69 Å². The molecule has 0 atom stereocenters. The first kappa shape index (κ1) is 14.7. The van der Waals surface area contributed by atoms with Crippen LogP contribution < -0.4 is 16.2 Å². The van der Waals surface area contributed by atoms with Gasteiger partial charge in [0.1, 0.15) is 18.0 Å². The Hall–Kier alpha value is -2.69. The Kier molecular flexibility index (Phi) is 4.33. The lowest BCUT2D eigenvalue weighted by Crippen LogP contribution is -2.33. The molecule has 0 saturated heterocycles. The van der Waals surface area contributed by atoms with Crippen LogP contribution in [0.25, 0.3) is 0 Å². The van der Waals surface area contributed by atoms with E-state index in [1.807, 2.05) is 0 Å². The number of ether oxygens (including phenoxy) is 1. The second-order valence-electron chi connectivity index (χ2n) is 4.05. The van der Waals surface area contributed by atoms with E-state index in [0.29, 0.717) is 10.7 Å². The van der Waals surface area contributed by atoms with Crippen LogP contribution in [-0.2, 0) is 14.3 Å². The summed E-state index contributed by atoms with van der Waals surface area (Å²) in [6.07, 6.45) is 1.41. The quantitative estimate of drug-likeness (QED) is 0.495. The zero-order valence-corrected chi connectivity index (χ0v) is 11.7. The molecule has 0 saturated carbocycles. The number of nitrogens with one attached hydrogen (secondary N) is 1. The molecule has 0 fully saturated rings. The van der Waals surface area contributed by atoms with Gasteiger partial charge in [-0.25, -0.2) is 14.6 Å². The number of carbonyl (C=O) groups excluding carboxylic acids is 2. The number of halogens is 1. The Labute approximate surface area is 126 Å². The summed E-state index contributed by atoms with van der Waals surface area (Å²) >= 11 is 5.91. The van der Waals surface area contributed by atoms with Gasteiger partial charge in [-0.2, -0.15) is 0 Å². The number of rotatable bonds is 4. The van der Waals surface area contributed by atoms with Gasteiger partial charge in [-0.1, -0.05) is 30.3 Å². The summed E-state index contributed by atoms with van der Waals surface area (Å²) in [5.74, 6) is 0.931. The molecule has 21 heavy (non-hydrogen) atoms. The molecule has 1 aromatic carbocycles. The van der Waals surface area contributed by atoms with Crippen molar-refractivity contribution in [1.29, 1.82) is 0 Å². The van der Waals surface area contributed by atoms with Gasteiger partial charge < -0.3 is 10.5 Å². The SMILES string of the molecule is C=CCOC(=O)C1=C(N)N(c2cccc(Cl)c2)NC1=C=O. The lowest BCUT2D eigenvalue weighted by atomic mass is 10.2. The van der Waals surface area contributed by atoms with Crippen LogP contribution in [0.1, 0.15) is 0 Å². The van der Waals surface area contributed by atoms with E-state index in [2.05, 4.69) is 12.0 Å². The van der Waals surface area contributed by atoms with Gasteiger partial charge in [0.25, 0.3) is 0 Å². The predicted octanol–water partition coefficient (Wildman–Crippen LogP) is 1.28. The van der Waals surface area contributed by atoms with Crippen molar-refractivity contribution >= 4 is 29.2 Å². The van der Waals surface area contributed by atoms with Crippen LogP contribution in [0.4, 0.5) is 5.69 Å². The first-order valence-corrected chi connectivity index (χ1v) is 6.32. The molecular weight excluding hydrogens is 294 g/mol. The van der Waals surface area contributed by atoms with E-state index < -0.39 is 5.97 Å². The highest BCUT2D eigenvalue weighted by Crippen LogP contribution is 2.27. The van der Waals surface area contributed by atoms with Crippen LogP contribution in [0.15, 0.2) is 54.0 Å². The summed E-state index contributed by atoms with van der Waals surface area (Å²) < 4.78 is 4.90. The molecule has 3 N–H and O–H groups in total. The topological polar surface area (TPSA) is 84.7 Å². The number of benzene rings is 1. The molecule has 1 aliphatic rings. The van der Waals surface area contributed by atoms with E-state index in [0.717, 1.165) is 0 Å². The van der Waals surface area contributed by atoms with E-state index in [1.54, 1.807) is 30.2 Å². The van der Waals surface area contributed by atoms with Crippen LogP contribution in [0, 0.1) is 0 Å². The Morgan fingerprint density at radius 1 is 1.57 bits per heavy atom. The van der Waals surface area contributed by atoms with Crippen molar-refractivity contribution in [3.05, 3.63) is 59.0 Å². The molecule has 0 aliphatic carbocycles. The molecule has 1 heterocycles. The summed E-state index contributed by atoms with van der Waals surface area (Å²) in [5.41, 5.74) is 9.00. The van der Waals surface area contributed by atoms with Gasteiger partial charge in [-0.15, -0.1) is 0 Å². The molecule has 6 nitrogen and oxygen atoms in total. The van der Waals surface area contributed by atoms with Gasteiger partial charge in [0, 0.05) is 5.02 Å². The highest BCUT2D eigenvalue weighted by molar-refractivity contribution is 6.30. The summed E-state index contributed by atoms with van der Waals surface area (Å²) in [4.78, 5) is 22.9. The number of hydrazine groups is 1. The highest BCUT2D eigenvalue weighted by Gasteiger charge is 2.32. The largest absolute Gasteiger partial charge is 0.458 e. The van der Waals surface area contributed by atoms with Gasteiger partial charge in [0.2, 0.25) is 0 Å². The number of carbonyl (C=O) groups is 1. The van der Waals surface area contributed by atoms with Gasteiger partial charge in [0.15, 0.2) is 11.6 Å². The monoisotopic (exact) mass is 305 g/mol. The standard InChI is InChI=1S/C14H12ClN3O3/c1-2-6-21-14(20)12-11(8-19)17-18(13(12)16)10-5-3-4-9(15)7-10/h2-5,7,17H,1,6,16H2. The van der Waals surface area contributed by atoms with Crippen LogP contribution >= 0.6 is 11.6 Å².